The first-order chi connectivity index (χ1) is 17.5. The Bertz CT molecular complexity index is 1250. The van der Waals surface area contributed by atoms with Crippen LogP contribution in [0.25, 0.3) is 0 Å². The summed E-state index contributed by atoms with van der Waals surface area (Å²) < 4.78 is 10.9. The quantitative estimate of drug-likeness (QED) is 0.548. The third-order valence-corrected chi connectivity index (χ3v) is 7.31. The molecule has 2 aliphatic heterocycles. The van der Waals surface area contributed by atoms with E-state index in [2.05, 4.69) is 17.0 Å². The number of anilines is 1. The number of rotatable bonds is 5. The van der Waals surface area contributed by atoms with Gasteiger partial charge in [-0.3, -0.25) is 9.59 Å². The number of carbonyl (C=O) groups is 2. The predicted molar refractivity (Wildman–Crippen MR) is 139 cm³/mol. The fourth-order valence-electron chi connectivity index (χ4n) is 5.41. The average Bonchev–Trinajstić information content (AvgIpc) is 2.94. The standard InChI is InChI=1S/C29H31N3O4/c1-30-27(20-13-14-24(35-2)25(19-20)36-3)26(22-11-7-8-12-23(22)28(30)33)29(34)32-17-15-31(16-18-32)21-9-5-4-6-10-21/h4-14,19,26-27H,15-18H2,1-3H3/t26-,27-/m1/s1. The highest BCUT2D eigenvalue weighted by Gasteiger charge is 2.44. The molecule has 0 saturated carbocycles. The second kappa shape index (κ2) is 9.93. The van der Waals surface area contributed by atoms with E-state index in [0.29, 0.717) is 30.2 Å². The minimum absolute atomic E-state index is 0.0364. The Morgan fingerprint density at radius 1 is 0.833 bits per heavy atom. The Labute approximate surface area is 211 Å². The van der Waals surface area contributed by atoms with Crippen molar-refractivity contribution >= 4 is 17.5 Å². The van der Waals surface area contributed by atoms with Gasteiger partial charge in [0.05, 0.1) is 26.2 Å². The lowest BCUT2D eigenvalue weighted by molar-refractivity contribution is -0.134. The molecule has 7 heteroatoms. The molecule has 0 spiro atoms. The van der Waals surface area contributed by atoms with E-state index < -0.39 is 12.0 Å². The Balaban J connectivity index is 1.49. The van der Waals surface area contributed by atoms with Gasteiger partial charge in [-0.2, -0.15) is 0 Å². The van der Waals surface area contributed by atoms with Crippen LogP contribution in [0.15, 0.2) is 72.8 Å². The summed E-state index contributed by atoms with van der Waals surface area (Å²) >= 11 is 0. The largest absolute Gasteiger partial charge is 0.493 e. The SMILES string of the molecule is COc1ccc([C@@H]2[C@H](C(=O)N3CCN(c4ccccc4)CC3)c3ccccc3C(=O)N2C)cc1OC. The highest BCUT2D eigenvalue weighted by atomic mass is 16.5. The average molecular weight is 486 g/mol. The van der Waals surface area contributed by atoms with Gasteiger partial charge < -0.3 is 24.2 Å². The van der Waals surface area contributed by atoms with Crippen LogP contribution in [0.3, 0.4) is 0 Å². The van der Waals surface area contributed by atoms with Crippen LogP contribution in [0.4, 0.5) is 5.69 Å². The maximum Gasteiger partial charge on any atom is 0.254 e. The maximum atomic E-state index is 14.2. The zero-order valence-corrected chi connectivity index (χ0v) is 20.9. The first-order valence-corrected chi connectivity index (χ1v) is 12.2. The Hall–Kier alpha value is -4.00. The van der Waals surface area contributed by atoms with Crippen molar-refractivity contribution in [2.24, 2.45) is 0 Å². The summed E-state index contributed by atoms with van der Waals surface area (Å²) in [5.41, 5.74) is 3.36. The smallest absolute Gasteiger partial charge is 0.254 e. The summed E-state index contributed by atoms with van der Waals surface area (Å²) in [6.07, 6.45) is 0. The highest BCUT2D eigenvalue weighted by Crippen LogP contribution is 2.44. The fourth-order valence-corrected chi connectivity index (χ4v) is 5.41. The molecule has 7 nitrogen and oxygen atoms in total. The molecule has 0 radical (unpaired) electrons. The summed E-state index contributed by atoms with van der Waals surface area (Å²) in [7, 11) is 4.94. The molecule has 2 heterocycles. The molecule has 3 aromatic carbocycles. The van der Waals surface area contributed by atoms with Gasteiger partial charge >= 0.3 is 0 Å². The van der Waals surface area contributed by atoms with E-state index in [4.69, 9.17) is 9.47 Å². The number of methoxy groups -OCH3 is 2. The molecule has 3 aromatic rings. The molecule has 1 saturated heterocycles. The first-order valence-electron chi connectivity index (χ1n) is 12.2. The molecule has 2 amide bonds. The van der Waals surface area contributed by atoms with Gasteiger partial charge in [-0.05, 0) is 41.5 Å². The monoisotopic (exact) mass is 485 g/mol. The molecule has 2 aliphatic rings. The number of hydrogen-bond donors (Lipinski definition) is 0. The third-order valence-electron chi connectivity index (χ3n) is 7.31. The highest BCUT2D eigenvalue weighted by molar-refractivity contribution is 6.01. The summed E-state index contributed by atoms with van der Waals surface area (Å²) in [5.74, 6) is 0.589. The van der Waals surface area contributed by atoms with Crippen molar-refractivity contribution in [1.82, 2.24) is 9.80 Å². The number of ether oxygens (including phenoxy) is 2. The van der Waals surface area contributed by atoms with Gasteiger partial charge in [-0.1, -0.05) is 42.5 Å². The lowest BCUT2D eigenvalue weighted by Crippen LogP contribution is -2.53. The minimum Gasteiger partial charge on any atom is -0.493 e. The van der Waals surface area contributed by atoms with E-state index in [1.807, 2.05) is 65.6 Å². The van der Waals surface area contributed by atoms with E-state index >= 15 is 0 Å². The molecule has 0 aliphatic carbocycles. The van der Waals surface area contributed by atoms with E-state index in [9.17, 15) is 9.59 Å². The van der Waals surface area contributed by atoms with Crippen LogP contribution in [0, 0.1) is 0 Å². The molecule has 0 N–H and O–H groups in total. The van der Waals surface area contributed by atoms with Crippen molar-refractivity contribution in [2.45, 2.75) is 12.0 Å². The van der Waals surface area contributed by atoms with Gasteiger partial charge in [0.1, 0.15) is 0 Å². The van der Waals surface area contributed by atoms with Crippen molar-refractivity contribution in [3.05, 3.63) is 89.5 Å². The van der Waals surface area contributed by atoms with Gasteiger partial charge in [-0.25, -0.2) is 0 Å². The van der Waals surface area contributed by atoms with Crippen LogP contribution >= 0.6 is 0 Å². The van der Waals surface area contributed by atoms with Crippen LogP contribution in [-0.4, -0.2) is 69.1 Å². The van der Waals surface area contributed by atoms with Crippen molar-refractivity contribution in [2.75, 3.05) is 52.3 Å². The second-order valence-corrected chi connectivity index (χ2v) is 9.19. The lowest BCUT2D eigenvalue weighted by Gasteiger charge is -2.43. The second-order valence-electron chi connectivity index (χ2n) is 9.19. The minimum atomic E-state index is -0.523. The van der Waals surface area contributed by atoms with Crippen molar-refractivity contribution in [1.29, 1.82) is 0 Å². The summed E-state index contributed by atoms with van der Waals surface area (Å²) in [5, 5.41) is 0. The summed E-state index contributed by atoms with van der Waals surface area (Å²) in [6.45, 7) is 2.78. The van der Waals surface area contributed by atoms with Gasteiger partial charge in [0.2, 0.25) is 5.91 Å². The number of fused-ring (bicyclic) bond motifs is 1. The Morgan fingerprint density at radius 2 is 1.50 bits per heavy atom. The first kappa shape index (κ1) is 23.7. The van der Waals surface area contributed by atoms with Crippen LogP contribution in [0.5, 0.6) is 11.5 Å². The number of piperazine rings is 1. The number of benzene rings is 3. The van der Waals surface area contributed by atoms with Crippen LogP contribution < -0.4 is 14.4 Å². The third kappa shape index (κ3) is 4.15. The number of hydrogen-bond acceptors (Lipinski definition) is 5. The van der Waals surface area contributed by atoms with Gasteiger partial charge in [0, 0.05) is 44.5 Å². The number of para-hydroxylation sites is 1. The van der Waals surface area contributed by atoms with Crippen LogP contribution in [-0.2, 0) is 4.79 Å². The van der Waals surface area contributed by atoms with E-state index in [1.165, 1.54) is 5.69 Å². The van der Waals surface area contributed by atoms with Crippen molar-refractivity contribution < 1.29 is 19.1 Å². The number of carbonyl (C=O) groups excluding carboxylic acids is 2. The topological polar surface area (TPSA) is 62.3 Å². The molecule has 186 valence electrons. The molecule has 36 heavy (non-hydrogen) atoms. The fraction of sp³-hybridized carbons (Fsp3) is 0.310. The molecule has 0 aromatic heterocycles. The van der Waals surface area contributed by atoms with Crippen molar-refractivity contribution in [3.8, 4) is 11.5 Å². The van der Waals surface area contributed by atoms with E-state index in [1.54, 1.807) is 26.2 Å². The van der Waals surface area contributed by atoms with Gasteiger partial charge in [0.25, 0.3) is 5.91 Å². The molecule has 2 atom stereocenters. The molecular formula is C29H31N3O4. The van der Waals surface area contributed by atoms with Crippen LogP contribution in [0.1, 0.15) is 33.4 Å². The van der Waals surface area contributed by atoms with E-state index in [-0.39, 0.29) is 11.8 Å². The summed E-state index contributed by atoms with van der Waals surface area (Å²) in [6, 6.07) is 22.9. The molecule has 0 bridgehead atoms. The predicted octanol–water partition coefficient (Wildman–Crippen LogP) is 3.96. The van der Waals surface area contributed by atoms with Crippen LogP contribution in [0.2, 0.25) is 0 Å². The normalized spacial score (nSPS) is 19.6. The van der Waals surface area contributed by atoms with E-state index in [0.717, 1.165) is 24.2 Å². The molecular weight excluding hydrogens is 454 g/mol. The van der Waals surface area contributed by atoms with Crippen molar-refractivity contribution in [3.63, 3.8) is 0 Å². The molecule has 1 fully saturated rings. The number of nitrogens with zero attached hydrogens (tertiary/aromatic N) is 3. The molecule has 5 rings (SSSR count). The van der Waals surface area contributed by atoms with Gasteiger partial charge in [0.15, 0.2) is 11.5 Å². The zero-order chi connectivity index (χ0) is 25.2. The Morgan fingerprint density at radius 3 is 2.19 bits per heavy atom. The summed E-state index contributed by atoms with van der Waals surface area (Å²) in [4.78, 5) is 33.5. The maximum absolute atomic E-state index is 14.2. The van der Waals surface area contributed by atoms with Gasteiger partial charge in [-0.15, -0.1) is 0 Å². The number of amides is 2. The lowest BCUT2D eigenvalue weighted by atomic mass is 9.79. The Kier molecular flexibility index (Phi) is 6.55. The zero-order valence-electron chi connectivity index (χ0n) is 20.9. The number of likely N-dealkylation sites (N-methyl/N-ethyl adjacent to an activating group) is 1. The molecule has 0 unspecified atom stereocenters.